The molecule has 9 nitrogen and oxygen atoms in total. The van der Waals surface area contributed by atoms with E-state index in [1.807, 2.05) is 60.7 Å². The first kappa shape index (κ1) is 25.1. The summed E-state index contributed by atoms with van der Waals surface area (Å²) in [6, 6.07) is 26.2. The number of rotatable bonds is 7. The van der Waals surface area contributed by atoms with Gasteiger partial charge in [0.2, 0.25) is 11.0 Å². The molecule has 6 aromatic rings. The number of pyridine rings is 1. The van der Waals surface area contributed by atoms with Crippen LogP contribution in [0.15, 0.2) is 89.5 Å². The first-order chi connectivity index (χ1) is 19.5. The molecule has 0 saturated heterocycles. The summed E-state index contributed by atoms with van der Waals surface area (Å²) in [5.41, 5.74) is 10.6. The van der Waals surface area contributed by atoms with E-state index in [1.54, 1.807) is 38.5 Å². The van der Waals surface area contributed by atoms with Crippen LogP contribution < -0.4 is 19.9 Å². The van der Waals surface area contributed by atoms with Crippen molar-refractivity contribution in [3.05, 3.63) is 95.5 Å². The highest BCUT2D eigenvalue weighted by Crippen LogP contribution is 2.42. The highest BCUT2D eigenvalue weighted by atomic mass is 32.1. The molecule has 40 heavy (non-hydrogen) atoms. The standard InChI is InChI=1S/C30H22N4O5S/c1-37-20-12-8-18(9-13-20)23-16-22(17-6-4-3-5-7-17)24-25(31)28(40-29(24)32-23)27(35)26-30(36)39-33-34(26)19-10-14-21(38-2)15-11-19/h3-16H,1-2H3,(H2-,31,33,35,36)/p+1. The number of nitrogens with zero attached hydrogens (tertiary/aromatic N) is 3. The van der Waals surface area contributed by atoms with E-state index in [2.05, 4.69) is 5.27 Å². The first-order valence-corrected chi connectivity index (χ1v) is 13.0. The minimum Gasteiger partial charge on any atom is -0.497 e. The molecule has 0 saturated carbocycles. The van der Waals surface area contributed by atoms with Crippen LogP contribution in [0.1, 0.15) is 15.4 Å². The minimum atomic E-state index is -0.618. The lowest BCUT2D eigenvalue weighted by Crippen LogP contribution is -2.38. The minimum absolute atomic E-state index is 0.153. The number of fused-ring (bicyclic) bond motifs is 1. The molecular weight excluding hydrogens is 528 g/mol. The molecule has 0 amide bonds. The van der Waals surface area contributed by atoms with E-state index in [0.717, 1.165) is 39.5 Å². The monoisotopic (exact) mass is 551 g/mol. The number of carbonyl (C=O) groups is 1. The van der Waals surface area contributed by atoms with Crippen LogP contribution in [0.5, 0.6) is 17.4 Å². The second-order valence-corrected chi connectivity index (χ2v) is 9.84. The van der Waals surface area contributed by atoms with Crippen molar-refractivity contribution in [2.24, 2.45) is 0 Å². The summed E-state index contributed by atoms with van der Waals surface area (Å²) in [7, 11) is 3.17. The van der Waals surface area contributed by atoms with Crippen molar-refractivity contribution < 1.29 is 28.6 Å². The van der Waals surface area contributed by atoms with Crippen LogP contribution in [0.4, 0.5) is 5.69 Å². The third-order valence-electron chi connectivity index (χ3n) is 6.53. The number of nitrogen functional groups attached to an aromatic ring is 1. The Labute approximate surface area is 232 Å². The lowest BCUT2D eigenvalue weighted by atomic mass is 9.99. The fraction of sp³-hybridized carbons (Fsp3) is 0.0667. The van der Waals surface area contributed by atoms with E-state index in [1.165, 1.54) is 4.68 Å². The molecule has 0 aliphatic heterocycles. The normalized spacial score (nSPS) is 11.1. The van der Waals surface area contributed by atoms with Gasteiger partial charge in [0.05, 0.1) is 25.6 Å². The van der Waals surface area contributed by atoms with Gasteiger partial charge in [-0.05, 0) is 53.6 Å². The molecule has 0 atom stereocenters. The number of methoxy groups -OCH3 is 2. The lowest BCUT2D eigenvalue weighted by Gasteiger charge is -2.09. The van der Waals surface area contributed by atoms with Gasteiger partial charge in [-0.2, -0.15) is 0 Å². The quantitative estimate of drug-likeness (QED) is 0.199. The molecule has 10 heteroatoms. The number of anilines is 1. The maximum Gasteiger partial charge on any atom is 0.393 e. The molecule has 0 bridgehead atoms. The molecule has 3 aromatic carbocycles. The van der Waals surface area contributed by atoms with E-state index in [4.69, 9.17) is 24.7 Å². The van der Waals surface area contributed by atoms with Gasteiger partial charge in [0.25, 0.3) is 5.78 Å². The Balaban J connectivity index is 1.52. The fourth-order valence-corrected chi connectivity index (χ4v) is 5.56. The van der Waals surface area contributed by atoms with Crippen molar-refractivity contribution in [2.75, 3.05) is 20.0 Å². The van der Waals surface area contributed by atoms with Crippen molar-refractivity contribution in [3.63, 3.8) is 0 Å². The second-order valence-electron chi connectivity index (χ2n) is 8.84. The summed E-state index contributed by atoms with van der Waals surface area (Å²) >= 11 is 1.15. The zero-order valence-electron chi connectivity index (χ0n) is 21.5. The Hall–Kier alpha value is -5.22. The summed E-state index contributed by atoms with van der Waals surface area (Å²) in [5, 5.41) is 15.0. The van der Waals surface area contributed by atoms with Crippen LogP contribution >= 0.6 is 11.3 Å². The molecule has 6 rings (SSSR count). The summed E-state index contributed by atoms with van der Waals surface area (Å²) in [4.78, 5) is 19.6. The Bertz CT molecular complexity index is 1850. The van der Waals surface area contributed by atoms with Gasteiger partial charge in [0.15, 0.2) is 0 Å². The predicted octanol–water partition coefficient (Wildman–Crippen LogP) is 5.43. The number of hydrogen-bond acceptors (Lipinski definition) is 9. The Morgan fingerprint density at radius 3 is 2.23 bits per heavy atom. The van der Waals surface area contributed by atoms with Crippen LogP contribution in [0.25, 0.3) is 38.3 Å². The van der Waals surface area contributed by atoms with Crippen LogP contribution in [0.3, 0.4) is 0 Å². The third kappa shape index (κ3) is 4.30. The molecule has 0 spiro atoms. The summed E-state index contributed by atoms with van der Waals surface area (Å²) in [6.45, 7) is 0. The van der Waals surface area contributed by atoms with E-state index in [0.29, 0.717) is 21.7 Å². The largest absolute Gasteiger partial charge is 0.497 e. The molecule has 0 aliphatic carbocycles. The Kier molecular flexibility index (Phi) is 6.37. The van der Waals surface area contributed by atoms with Crippen LogP contribution in [-0.4, -0.2) is 35.4 Å². The maximum atomic E-state index is 13.9. The molecule has 3 heterocycles. The molecule has 0 radical (unpaired) electrons. The van der Waals surface area contributed by atoms with Crippen molar-refractivity contribution in [3.8, 4) is 45.5 Å². The lowest BCUT2D eigenvalue weighted by molar-refractivity contribution is -0.672. The van der Waals surface area contributed by atoms with Gasteiger partial charge in [0, 0.05) is 27.8 Å². The van der Waals surface area contributed by atoms with Crippen LogP contribution in [0.2, 0.25) is 0 Å². The maximum absolute atomic E-state index is 13.9. The molecule has 198 valence electrons. The molecule has 3 N–H and O–H groups in total. The number of ether oxygens (including phenoxy) is 2. The number of nitrogens with two attached hydrogens (primary N) is 1. The zero-order valence-corrected chi connectivity index (χ0v) is 22.3. The van der Waals surface area contributed by atoms with Gasteiger partial charge < -0.3 is 20.3 Å². The Morgan fingerprint density at radius 1 is 0.925 bits per heavy atom. The SMILES string of the molecule is COc1ccc(-c2cc(-c3ccccc3)c3c(N)c(C(=O)c4c(O)on[n+]4-c4ccc(OC)cc4)sc3n2)cc1. The smallest absolute Gasteiger partial charge is 0.393 e. The van der Waals surface area contributed by atoms with Crippen LogP contribution in [0, 0.1) is 0 Å². The van der Waals surface area contributed by atoms with Gasteiger partial charge >= 0.3 is 11.6 Å². The van der Waals surface area contributed by atoms with Gasteiger partial charge in [-0.3, -0.25) is 9.32 Å². The van der Waals surface area contributed by atoms with E-state index >= 15 is 0 Å². The molecular formula is C30H23N4O5S+. The van der Waals surface area contributed by atoms with Gasteiger partial charge in [-0.25, -0.2) is 4.98 Å². The van der Waals surface area contributed by atoms with Crippen molar-refractivity contribution in [1.82, 2.24) is 10.3 Å². The zero-order chi connectivity index (χ0) is 27.8. The predicted molar refractivity (Wildman–Crippen MR) is 151 cm³/mol. The number of hydrogen-bond donors (Lipinski definition) is 2. The number of thiophene rings is 1. The molecule has 3 aromatic heterocycles. The topological polar surface area (TPSA) is 125 Å². The fourth-order valence-electron chi connectivity index (χ4n) is 4.50. The second kappa shape index (κ2) is 10.2. The molecule has 0 aliphatic rings. The van der Waals surface area contributed by atoms with Gasteiger partial charge in [0.1, 0.15) is 21.2 Å². The molecule has 0 fully saturated rings. The van der Waals surface area contributed by atoms with Gasteiger partial charge in [-0.15, -0.1) is 11.3 Å². The van der Waals surface area contributed by atoms with Crippen LogP contribution in [-0.2, 0) is 0 Å². The van der Waals surface area contributed by atoms with E-state index in [9.17, 15) is 9.90 Å². The average molecular weight is 552 g/mol. The number of ketones is 1. The summed E-state index contributed by atoms with van der Waals surface area (Å²) in [5.74, 6) is 0.207. The number of aromatic nitrogens is 3. The van der Waals surface area contributed by atoms with Crippen molar-refractivity contribution in [2.45, 2.75) is 0 Å². The first-order valence-electron chi connectivity index (χ1n) is 12.2. The summed E-state index contributed by atoms with van der Waals surface area (Å²) < 4.78 is 16.7. The number of aromatic hydroxyl groups is 1. The van der Waals surface area contributed by atoms with E-state index < -0.39 is 11.7 Å². The number of carbonyl (C=O) groups excluding carboxylic acids is 1. The van der Waals surface area contributed by atoms with E-state index in [-0.39, 0.29) is 16.3 Å². The highest BCUT2D eigenvalue weighted by molar-refractivity contribution is 7.21. The highest BCUT2D eigenvalue weighted by Gasteiger charge is 2.37. The van der Waals surface area contributed by atoms with Crippen molar-refractivity contribution >= 4 is 33.0 Å². The summed E-state index contributed by atoms with van der Waals surface area (Å²) in [6.07, 6.45) is 0. The molecule has 0 unspecified atom stereocenters. The third-order valence-corrected chi connectivity index (χ3v) is 7.63. The Morgan fingerprint density at radius 2 is 1.57 bits per heavy atom. The van der Waals surface area contributed by atoms with Gasteiger partial charge in [-0.1, -0.05) is 30.3 Å². The number of benzene rings is 3. The van der Waals surface area contributed by atoms with Crippen molar-refractivity contribution in [1.29, 1.82) is 0 Å². The average Bonchev–Trinajstić information content (AvgIpc) is 3.56.